The normalized spacial score (nSPS) is 14.3. The molecule has 0 aromatic heterocycles. The summed E-state index contributed by atoms with van der Waals surface area (Å²) < 4.78 is 93.2. The summed E-state index contributed by atoms with van der Waals surface area (Å²) >= 11 is -2.53. The maximum absolute atomic E-state index is 13.8. The molecule has 0 bridgehead atoms. The number of benzene rings is 3. The second-order valence-corrected chi connectivity index (χ2v) is 13.8. The monoisotopic (exact) mass is 686 g/mol. The molecule has 5 rings (SSSR count). The van der Waals surface area contributed by atoms with Gasteiger partial charge in [0.1, 0.15) is 36.6 Å². The fraction of sp³-hybridized carbons (Fsp3) is 0.176. The van der Waals surface area contributed by atoms with Crippen LogP contribution in [-0.4, -0.2) is 29.8 Å². The Morgan fingerprint density at radius 2 is 1.46 bits per heavy atom. The van der Waals surface area contributed by atoms with Gasteiger partial charge in [0.2, 0.25) is 0 Å². The van der Waals surface area contributed by atoms with Crippen LogP contribution in [0.25, 0.3) is 20.8 Å². The zero-order chi connectivity index (χ0) is 35.1. The first kappa shape index (κ1) is 33.8. The van der Waals surface area contributed by atoms with E-state index >= 15 is 0 Å². The number of hydrogen-bond acceptors (Lipinski definition) is 6. The molecule has 9 nitrogen and oxygen atoms in total. The molecule has 3 aromatic carbocycles. The molecule has 3 aromatic rings. The molecular weight excluding hydrogens is 666 g/mol. The second-order valence-electron chi connectivity index (χ2n) is 10.9. The molecule has 14 heteroatoms. The van der Waals surface area contributed by atoms with Crippen molar-refractivity contribution in [2.75, 3.05) is 6.26 Å². The van der Waals surface area contributed by atoms with Gasteiger partial charge in [0.15, 0.2) is 20.9 Å². The van der Waals surface area contributed by atoms with E-state index in [0.717, 1.165) is 24.0 Å². The molecule has 2 aliphatic rings. The Bertz CT molecular complexity index is 2390. The fourth-order valence-corrected chi connectivity index (χ4v) is 8.03. The number of sulfone groups is 1. The molecule has 240 valence electrons. The van der Waals surface area contributed by atoms with Crippen LogP contribution in [0, 0.1) is 42.7 Å². The van der Waals surface area contributed by atoms with Crippen molar-refractivity contribution in [3.63, 3.8) is 0 Å². The van der Waals surface area contributed by atoms with Crippen LogP contribution in [0.5, 0.6) is 5.75 Å². The van der Waals surface area contributed by atoms with Crippen LogP contribution in [-0.2, 0) is 39.5 Å². The first-order valence-corrected chi connectivity index (χ1v) is 17.0. The van der Waals surface area contributed by atoms with Crippen molar-refractivity contribution in [3.05, 3.63) is 138 Å². The minimum atomic E-state index is -4.98. The van der Waals surface area contributed by atoms with E-state index in [2.05, 4.69) is 14.4 Å². The van der Waals surface area contributed by atoms with Gasteiger partial charge >= 0.3 is 12.2 Å². The largest absolute Gasteiger partial charge is 0.573 e. The number of alkyl halides is 3. The fourth-order valence-electron chi connectivity index (χ4n) is 6.24. The van der Waals surface area contributed by atoms with Crippen LogP contribution in [0.3, 0.4) is 0 Å². The molecule has 0 spiro atoms. The third-order valence-corrected chi connectivity index (χ3v) is 9.67. The molecule has 0 saturated heterocycles. The number of nitrogens with zero attached hydrogens (tertiary/aromatic N) is 4. The summed E-state index contributed by atoms with van der Waals surface area (Å²) in [5.74, 6) is -1.43. The summed E-state index contributed by atoms with van der Waals surface area (Å²) in [6.45, 7) is 17.3. The summed E-state index contributed by atoms with van der Waals surface area (Å²) in [6.07, 6.45) is -4.47. The molecule has 0 fully saturated rings. The average molecular weight is 687 g/mol. The van der Waals surface area contributed by atoms with Gasteiger partial charge in [-0.1, -0.05) is 42.0 Å². The Hall–Kier alpha value is -5.51. The number of ether oxygens (including phenoxy) is 1. The molecule has 0 heterocycles. The van der Waals surface area contributed by atoms with Gasteiger partial charge in [-0.2, -0.15) is 20.2 Å². The molecule has 1 atom stereocenters. The number of allylic oxidation sites excluding steroid dienone is 3. The topological polar surface area (TPSA) is 137 Å². The van der Waals surface area contributed by atoms with Crippen LogP contribution >= 0.6 is 0 Å². The molecule has 2 aliphatic carbocycles. The van der Waals surface area contributed by atoms with Gasteiger partial charge in [-0.05, 0) is 75.2 Å². The van der Waals surface area contributed by atoms with E-state index in [4.69, 9.17) is 13.1 Å². The Labute approximate surface area is 275 Å². The van der Waals surface area contributed by atoms with Gasteiger partial charge in [0.25, 0.3) is 0 Å². The Kier molecular flexibility index (Phi) is 8.88. The van der Waals surface area contributed by atoms with Crippen molar-refractivity contribution < 1.29 is 35.1 Å². The standard InChI is InChI=1S/C34H21F3N4O5S2/c1-18-5-7-19(8-6-18)29-26(33(40-2)41-3)14-24-27(17-47(42)43)30-25(32(31(24)29)48(4,44)45)13-23(21(15-38)16-39)28(30)20-9-11-22(12-10-20)46-34(35,36)37/h5-12H,13-14,17H2,1,4H3,(H,42,43). The average Bonchev–Trinajstić information content (AvgIpc) is 3.57. The predicted molar refractivity (Wildman–Crippen MR) is 168 cm³/mol. The number of nitriles is 2. The summed E-state index contributed by atoms with van der Waals surface area (Å²) in [5, 5.41) is 20.1. The summed E-state index contributed by atoms with van der Waals surface area (Å²) in [6, 6.07) is 15.1. The number of hydrogen-bond donors (Lipinski definition) is 1. The highest BCUT2D eigenvalue weighted by Crippen LogP contribution is 2.39. The van der Waals surface area contributed by atoms with Crippen molar-refractivity contribution in [1.29, 1.82) is 10.5 Å². The Morgan fingerprint density at radius 3 is 1.94 bits per heavy atom. The van der Waals surface area contributed by atoms with Crippen molar-refractivity contribution >= 4 is 32.1 Å². The predicted octanol–water partition coefficient (Wildman–Crippen LogP) is 4.92. The number of aryl methyl sites for hydroxylation is 1. The highest BCUT2D eigenvalue weighted by molar-refractivity contribution is 7.90. The lowest BCUT2D eigenvalue weighted by molar-refractivity contribution is -0.274. The Balaban J connectivity index is 2.09. The third-order valence-electron chi connectivity index (χ3n) is 7.94. The van der Waals surface area contributed by atoms with E-state index in [1.807, 2.05) is 19.1 Å². The number of fused-ring (bicyclic) bond motifs is 2. The number of halogens is 3. The van der Waals surface area contributed by atoms with E-state index in [9.17, 15) is 40.9 Å². The number of rotatable bonds is 6. The van der Waals surface area contributed by atoms with Crippen LogP contribution < -0.4 is 15.2 Å². The highest BCUT2D eigenvalue weighted by Gasteiger charge is 2.38. The van der Waals surface area contributed by atoms with Gasteiger partial charge in [-0.3, -0.25) is 0 Å². The molecule has 1 N–H and O–H groups in total. The first-order chi connectivity index (χ1) is 22.6. The van der Waals surface area contributed by atoms with Gasteiger partial charge in [0, 0.05) is 17.9 Å². The quantitative estimate of drug-likeness (QED) is 0.221. The van der Waals surface area contributed by atoms with Gasteiger partial charge in [0.05, 0.1) is 16.2 Å². The minimum Gasteiger partial charge on any atom is -0.406 e. The van der Waals surface area contributed by atoms with Crippen molar-refractivity contribution in [2.45, 2.75) is 36.8 Å². The highest BCUT2D eigenvalue weighted by atomic mass is 32.2. The zero-order valence-electron chi connectivity index (χ0n) is 25.1. The van der Waals surface area contributed by atoms with Crippen LogP contribution in [0.2, 0.25) is 0 Å². The van der Waals surface area contributed by atoms with Gasteiger partial charge in [-0.15, -0.1) is 13.2 Å². The first-order valence-electron chi connectivity index (χ1n) is 13.8. The minimum absolute atomic E-state index is 0.0775. The second kappa shape index (κ2) is 12.6. The van der Waals surface area contributed by atoms with Crippen LogP contribution in [0.1, 0.15) is 33.4 Å². The van der Waals surface area contributed by atoms with Crippen molar-refractivity contribution in [1.82, 2.24) is 0 Å². The summed E-state index contributed by atoms with van der Waals surface area (Å²) in [5.41, 5.74) is 2.43. The van der Waals surface area contributed by atoms with E-state index in [-0.39, 0.29) is 84.1 Å². The lowest BCUT2D eigenvalue weighted by Crippen LogP contribution is -2.31. The maximum Gasteiger partial charge on any atom is 0.573 e. The van der Waals surface area contributed by atoms with Crippen molar-refractivity contribution in [2.24, 2.45) is 0 Å². The zero-order valence-corrected chi connectivity index (χ0v) is 26.7. The van der Waals surface area contributed by atoms with E-state index in [1.54, 1.807) is 24.3 Å². The Morgan fingerprint density at radius 1 is 0.938 bits per heavy atom. The maximum atomic E-state index is 13.8. The molecule has 0 aliphatic heterocycles. The van der Waals surface area contributed by atoms with Gasteiger partial charge < -0.3 is 9.29 Å². The SMILES string of the molecule is [C-]#[N+]C([N+]#[C-])=C1Cc2c(CS(=O)O)c3c(c(S(C)(=O)=O)c2=C1c1ccc(C)cc1)CC(=C(C#N)C#N)C=3c1ccc(OC(F)(F)F)cc1. The third kappa shape index (κ3) is 6.13. The van der Waals surface area contributed by atoms with Crippen molar-refractivity contribution in [3.8, 4) is 17.9 Å². The van der Waals surface area contributed by atoms with E-state index < -0.39 is 38.8 Å². The summed E-state index contributed by atoms with van der Waals surface area (Å²) in [4.78, 5) is 6.59. The van der Waals surface area contributed by atoms with E-state index in [1.165, 1.54) is 12.1 Å². The molecule has 0 saturated carbocycles. The lowest BCUT2D eigenvalue weighted by atomic mass is 9.94. The summed E-state index contributed by atoms with van der Waals surface area (Å²) in [7, 11) is -4.19. The lowest BCUT2D eigenvalue weighted by Gasteiger charge is -2.15. The van der Waals surface area contributed by atoms with E-state index in [0.29, 0.717) is 5.56 Å². The molecule has 48 heavy (non-hydrogen) atoms. The van der Waals surface area contributed by atoms with Gasteiger partial charge in [-0.25, -0.2) is 12.6 Å². The molecular formula is C34H21F3N4O5S2. The molecule has 0 radical (unpaired) electrons. The smallest absolute Gasteiger partial charge is 0.406 e. The van der Waals surface area contributed by atoms with Crippen LogP contribution in [0.4, 0.5) is 13.2 Å². The van der Waals surface area contributed by atoms with Crippen LogP contribution in [0.15, 0.2) is 76.0 Å². The molecule has 1 unspecified atom stereocenters. The molecule has 0 amide bonds.